The van der Waals surface area contributed by atoms with Gasteiger partial charge in [0.05, 0.1) is 13.2 Å². The first-order valence-corrected chi connectivity index (χ1v) is 9.78. The SMILES string of the molecule is COc1ccc(CCC(=O)N2CCN(C(C#N)c3ccc(Cl)cc3)CC2)cc1. The van der Waals surface area contributed by atoms with Crippen LogP contribution in [0.25, 0.3) is 0 Å². The number of aryl methyl sites for hydroxylation is 1. The maximum atomic E-state index is 12.6. The van der Waals surface area contributed by atoms with E-state index in [-0.39, 0.29) is 11.9 Å². The first kappa shape index (κ1) is 20.2. The first-order valence-electron chi connectivity index (χ1n) is 9.40. The Balaban J connectivity index is 1.50. The number of nitrogens with zero attached hydrogens (tertiary/aromatic N) is 3. The minimum atomic E-state index is -0.311. The van der Waals surface area contributed by atoms with Crippen molar-refractivity contribution in [1.82, 2.24) is 9.80 Å². The zero-order chi connectivity index (χ0) is 19.9. The van der Waals surface area contributed by atoms with E-state index in [1.165, 1.54) is 0 Å². The molecule has 1 atom stereocenters. The number of hydrogen-bond acceptors (Lipinski definition) is 4. The van der Waals surface area contributed by atoms with E-state index in [0.717, 1.165) is 16.9 Å². The fourth-order valence-corrected chi connectivity index (χ4v) is 3.57. The Morgan fingerprint density at radius 1 is 1.11 bits per heavy atom. The van der Waals surface area contributed by atoms with Gasteiger partial charge in [0.2, 0.25) is 5.91 Å². The predicted molar refractivity (Wildman–Crippen MR) is 109 cm³/mol. The highest BCUT2D eigenvalue weighted by atomic mass is 35.5. The summed E-state index contributed by atoms with van der Waals surface area (Å²) in [4.78, 5) is 16.6. The van der Waals surface area contributed by atoms with Crippen molar-refractivity contribution in [3.05, 3.63) is 64.7 Å². The molecule has 3 rings (SSSR count). The molecule has 0 saturated carbocycles. The molecule has 1 amide bonds. The number of benzene rings is 2. The number of nitriles is 1. The molecule has 1 heterocycles. The molecule has 1 unspecified atom stereocenters. The molecule has 0 aliphatic carbocycles. The van der Waals surface area contributed by atoms with Gasteiger partial charge in [-0.1, -0.05) is 35.9 Å². The minimum absolute atomic E-state index is 0.162. The highest BCUT2D eigenvalue weighted by Gasteiger charge is 2.26. The van der Waals surface area contributed by atoms with E-state index in [2.05, 4.69) is 11.0 Å². The van der Waals surface area contributed by atoms with Crippen LogP contribution in [-0.4, -0.2) is 49.0 Å². The third-order valence-corrected chi connectivity index (χ3v) is 5.38. The highest BCUT2D eigenvalue weighted by molar-refractivity contribution is 6.30. The van der Waals surface area contributed by atoms with Crippen LogP contribution < -0.4 is 4.74 Å². The molecule has 0 bridgehead atoms. The lowest BCUT2D eigenvalue weighted by Crippen LogP contribution is -2.49. The van der Waals surface area contributed by atoms with Crippen LogP contribution in [0.4, 0.5) is 0 Å². The van der Waals surface area contributed by atoms with Gasteiger partial charge in [-0.2, -0.15) is 5.26 Å². The van der Waals surface area contributed by atoms with E-state index in [1.54, 1.807) is 19.2 Å². The van der Waals surface area contributed by atoms with Crippen LogP contribution in [0.3, 0.4) is 0 Å². The third-order valence-electron chi connectivity index (χ3n) is 5.13. The fraction of sp³-hybridized carbons (Fsp3) is 0.364. The molecular weight excluding hydrogens is 374 g/mol. The van der Waals surface area contributed by atoms with Crippen LogP contribution in [0, 0.1) is 11.3 Å². The summed E-state index contributed by atoms with van der Waals surface area (Å²) in [5.41, 5.74) is 2.06. The maximum absolute atomic E-state index is 12.6. The van der Waals surface area contributed by atoms with Crippen molar-refractivity contribution in [2.45, 2.75) is 18.9 Å². The number of methoxy groups -OCH3 is 1. The van der Waals surface area contributed by atoms with Gasteiger partial charge in [0.1, 0.15) is 11.8 Å². The van der Waals surface area contributed by atoms with Crippen LogP contribution >= 0.6 is 11.6 Å². The summed E-state index contributed by atoms with van der Waals surface area (Å²) < 4.78 is 5.16. The molecule has 6 heteroatoms. The Labute approximate surface area is 171 Å². The molecule has 2 aromatic rings. The summed E-state index contributed by atoms with van der Waals surface area (Å²) in [5, 5.41) is 10.3. The van der Waals surface area contributed by atoms with Gasteiger partial charge in [-0.05, 0) is 41.8 Å². The van der Waals surface area contributed by atoms with E-state index in [0.29, 0.717) is 44.0 Å². The summed E-state index contributed by atoms with van der Waals surface area (Å²) in [6.45, 7) is 2.67. The van der Waals surface area contributed by atoms with E-state index in [9.17, 15) is 10.1 Å². The first-order chi connectivity index (χ1) is 13.6. The average Bonchev–Trinajstić information content (AvgIpc) is 2.74. The molecule has 28 heavy (non-hydrogen) atoms. The number of amides is 1. The second-order valence-electron chi connectivity index (χ2n) is 6.85. The van der Waals surface area contributed by atoms with Crippen molar-refractivity contribution < 1.29 is 9.53 Å². The molecule has 5 nitrogen and oxygen atoms in total. The van der Waals surface area contributed by atoms with Crippen LogP contribution in [0.2, 0.25) is 5.02 Å². The van der Waals surface area contributed by atoms with Gasteiger partial charge >= 0.3 is 0 Å². The Morgan fingerprint density at radius 2 is 1.75 bits per heavy atom. The molecule has 146 valence electrons. The quantitative estimate of drug-likeness (QED) is 0.745. The average molecular weight is 398 g/mol. The third kappa shape index (κ3) is 5.03. The number of hydrogen-bond donors (Lipinski definition) is 0. The molecule has 0 spiro atoms. The lowest BCUT2D eigenvalue weighted by Gasteiger charge is -2.37. The summed E-state index contributed by atoms with van der Waals surface area (Å²) >= 11 is 5.94. The number of carbonyl (C=O) groups is 1. The summed E-state index contributed by atoms with van der Waals surface area (Å²) in [7, 11) is 1.64. The van der Waals surface area contributed by atoms with Crippen molar-refractivity contribution in [2.24, 2.45) is 0 Å². The normalized spacial score (nSPS) is 15.7. The molecule has 1 saturated heterocycles. The number of carbonyl (C=O) groups excluding carboxylic acids is 1. The van der Waals surface area contributed by atoms with Gasteiger partial charge in [0.15, 0.2) is 0 Å². The van der Waals surface area contributed by atoms with Crippen molar-refractivity contribution in [3.8, 4) is 11.8 Å². The molecule has 0 radical (unpaired) electrons. The van der Waals surface area contributed by atoms with Crippen LogP contribution in [0.1, 0.15) is 23.6 Å². The second kappa shape index (κ2) is 9.59. The molecule has 1 aliphatic rings. The lowest BCUT2D eigenvalue weighted by atomic mass is 10.1. The van der Waals surface area contributed by atoms with Gasteiger partial charge in [0.25, 0.3) is 0 Å². The number of ether oxygens (including phenoxy) is 1. The molecule has 1 fully saturated rings. The largest absolute Gasteiger partial charge is 0.497 e. The summed E-state index contributed by atoms with van der Waals surface area (Å²) in [6.07, 6.45) is 1.21. The molecule has 0 N–H and O–H groups in total. The zero-order valence-electron chi connectivity index (χ0n) is 16.0. The Bertz CT molecular complexity index is 822. The minimum Gasteiger partial charge on any atom is -0.497 e. The number of halogens is 1. The molecule has 1 aliphatic heterocycles. The van der Waals surface area contributed by atoms with Crippen molar-refractivity contribution >= 4 is 17.5 Å². The predicted octanol–water partition coefficient (Wildman–Crippen LogP) is 3.69. The van der Waals surface area contributed by atoms with Crippen molar-refractivity contribution in [3.63, 3.8) is 0 Å². The Morgan fingerprint density at radius 3 is 2.32 bits per heavy atom. The van der Waals surface area contributed by atoms with Gasteiger partial charge in [-0.15, -0.1) is 0 Å². The zero-order valence-corrected chi connectivity index (χ0v) is 16.7. The second-order valence-corrected chi connectivity index (χ2v) is 7.28. The van der Waals surface area contributed by atoms with Crippen molar-refractivity contribution in [2.75, 3.05) is 33.3 Å². The van der Waals surface area contributed by atoms with E-state index >= 15 is 0 Å². The summed E-state index contributed by atoms with van der Waals surface area (Å²) in [6, 6.07) is 17.3. The van der Waals surface area contributed by atoms with Gasteiger partial charge in [0, 0.05) is 37.6 Å². The highest BCUT2D eigenvalue weighted by Crippen LogP contribution is 2.23. The van der Waals surface area contributed by atoms with Gasteiger partial charge < -0.3 is 9.64 Å². The van der Waals surface area contributed by atoms with Gasteiger partial charge in [-0.25, -0.2) is 0 Å². The van der Waals surface area contributed by atoms with Crippen LogP contribution in [-0.2, 0) is 11.2 Å². The number of piperazine rings is 1. The van der Waals surface area contributed by atoms with E-state index < -0.39 is 0 Å². The monoisotopic (exact) mass is 397 g/mol. The van der Waals surface area contributed by atoms with E-state index in [4.69, 9.17) is 16.3 Å². The fourth-order valence-electron chi connectivity index (χ4n) is 3.44. The smallest absolute Gasteiger partial charge is 0.222 e. The maximum Gasteiger partial charge on any atom is 0.222 e. The molecule has 0 aromatic heterocycles. The number of rotatable bonds is 6. The Hall–Kier alpha value is -2.55. The van der Waals surface area contributed by atoms with Crippen molar-refractivity contribution in [1.29, 1.82) is 5.26 Å². The molecular formula is C22H24ClN3O2. The standard InChI is InChI=1S/C22H24ClN3O2/c1-28-20-9-2-17(3-10-20)4-11-22(27)26-14-12-25(13-15-26)21(16-24)18-5-7-19(23)8-6-18/h2-3,5-10,21H,4,11-15H2,1H3. The van der Waals surface area contributed by atoms with Gasteiger partial charge in [-0.3, -0.25) is 9.69 Å². The lowest BCUT2D eigenvalue weighted by molar-refractivity contribution is -0.133. The topological polar surface area (TPSA) is 56.6 Å². The summed E-state index contributed by atoms with van der Waals surface area (Å²) in [5.74, 6) is 0.981. The van der Waals surface area contributed by atoms with E-state index in [1.807, 2.05) is 41.3 Å². The van der Waals surface area contributed by atoms with Crippen LogP contribution in [0.5, 0.6) is 5.75 Å². The van der Waals surface area contributed by atoms with Crippen LogP contribution in [0.15, 0.2) is 48.5 Å². The Kier molecular flexibility index (Phi) is 6.91. The molecule has 2 aromatic carbocycles.